The molecule has 196 valence electrons. The fourth-order valence-corrected chi connectivity index (χ4v) is 4.42. The molecule has 3 rings (SSSR count). The van der Waals surface area contributed by atoms with Crippen LogP contribution in [0.15, 0.2) is 48.5 Å². The van der Waals surface area contributed by atoms with Gasteiger partial charge in [-0.2, -0.15) is 4.37 Å². The van der Waals surface area contributed by atoms with Crippen LogP contribution in [0, 0.1) is 11.7 Å². The number of benzene rings is 2. The Morgan fingerprint density at radius 2 is 1.62 bits per heavy atom. The molecule has 1 heterocycles. The number of amides is 3. The van der Waals surface area contributed by atoms with E-state index >= 15 is 0 Å². The van der Waals surface area contributed by atoms with Crippen LogP contribution in [0.25, 0.3) is 0 Å². The van der Waals surface area contributed by atoms with Crippen LogP contribution in [-0.4, -0.2) is 42.7 Å². The van der Waals surface area contributed by atoms with Gasteiger partial charge in [0, 0.05) is 32.0 Å². The van der Waals surface area contributed by atoms with Crippen molar-refractivity contribution in [2.24, 2.45) is 11.7 Å². The summed E-state index contributed by atoms with van der Waals surface area (Å²) in [6.07, 6.45) is 0.742. The minimum absolute atomic E-state index is 0.0528. The van der Waals surface area contributed by atoms with E-state index in [1.165, 1.54) is 29.2 Å². The van der Waals surface area contributed by atoms with Crippen molar-refractivity contribution in [3.05, 3.63) is 70.5 Å². The Morgan fingerprint density at radius 3 is 2.14 bits per heavy atom. The molecule has 0 bridgehead atoms. The van der Waals surface area contributed by atoms with Gasteiger partial charge in [-0.1, -0.05) is 26.0 Å². The van der Waals surface area contributed by atoms with Crippen LogP contribution < -0.4 is 26.6 Å². The third kappa shape index (κ3) is 6.42. The Balaban J connectivity index is 2.16. The van der Waals surface area contributed by atoms with Gasteiger partial charge >= 0.3 is 0 Å². The van der Waals surface area contributed by atoms with Crippen LogP contribution in [-0.2, 0) is 4.79 Å². The highest BCUT2D eigenvalue weighted by Gasteiger charge is 2.36. The van der Waals surface area contributed by atoms with Crippen LogP contribution in [0.5, 0.6) is 0 Å². The summed E-state index contributed by atoms with van der Waals surface area (Å²) in [6, 6.07) is 11.3. The number of hydrogen-bond acceptors (Lipinski definition) is 7. The van der Waals surface area contributed by atoms with Crippen molar-refractivity contribution in [2.45, 2.75) is 26.3 Å². The number of halogens is 1. The molecule has 0 saturated carbocycles. The molecule has 3 amide bonds. The molecular weight excluding hydrogens is 495 g/mol. The summed E-state index contributed by atoms with van der Waals surface area (Å²) >= 11 is 0.712. The SMILES string of the molecule is CC(C)CCNC(=O)[C@H](c1ccc(N(C)C)cc1)N(C(=O)c1snc(C(N)=O)c1N)c1ccc(F)cc1. The van der Waals surface area contributed by atoms with Crippen molar-refractivity contribution in [3.63, 3.8) is 0 Å². The molecule has 2 aromatic carbocycles. The monoisotopic (exact) mass is 526 g/mol. The Hall–Kier alpha value is -3.99. The molecule has 0 aliphatic heterocycles. The lowest BCUT2D eigenvalue weighted by Gasteiger charge is -2.31. The molecule has 0 fully saturated rings. The Kier molecular flexibility index (Phi) is 8.82. The van der Waals surface area contributed by atoms with Gasteiger partial charge in [-0.15, -0.1) is 0 Å². The van der Waals surface area contributed by atoms with Crippen molar-refractivity contribution in [3.8, 4) is 0 Å². The van der Waals surface area contributed by atoms with Gasteiger partial charge in [0.1, 0.15) is 16.7 Å². The number of nitrogens with zero attached hydrogens (tertiary/aromatic N) is 3. The van der Waals surface area contributed by atoms with E-state index in [-0.39, 0.29) is 21.9 Å². The van der Waals surface area contributed by atoms with E-state index in [0.29, 0.717) is 29.6 Å². The molecule has 0 spiro atoms. The summed E-state index contributed by atoms with van der Waals surface area (Å²) in [6.45, 7) is 4.49. The second kappa shape index (κ2) is 11.8. The molecule has 0 aliphatic rings. The number of hydrogen-bond donors (Lipinski definition) is 3. The molecule has 1 atom stereocenters. The van der Waals surface area contributed by atoms with Crippen LogP contribution in [0.2, 0.25) is 0 Å². The van der Waals surface area contributed by atoms with E-state index in [9.17, 15) is 18.8 Å². The third-order valence-corrected chi connectivity index (χ3v) is 6.58. The zero-order valence-corrected chi connectivity index (χ0v) is 22.0. The molecule has 11 heteroatoms. The van der Waals surface area contributed by atoms with E-state index in [0.717, 1.165) is 12.1 Å². The van der Waals surface area contributed by atoms with Gasteiger partial charge in [0.25, 0.3) is 11.8 Å². The maximum Gasteiger partial charge on any atom is 0.273 e. The van der Waals surface area contributed by atoms with Crippen molar-refractivity contribution in [2.75, 3.05) is 36.2 Å². The molecule has 1 aromatic heterocycles. The smallest absolute Gasteiger partial charge is 0.273 e. The highest BCUT2D eigenvalue weighted by molar-refractivity contribution is 7.09. The minimum Gasteiger partial charge on any atom is -0.395 e. The van der Waals surface area contributed by atoms with Crippen molar-refractivity contribution < 1.29 is 18.8 Å². The van der Waals surface area contributed by atoms with Gasteiger partial charge in [0.05, 0.1) is 5.69 Å². The van der Waals surface area contributed by atoms with Crippen LogP contribution in [0.3, 0.4) is 0 Å². The molecule has 9 nitrogen and oxygen atoms in total. The molecule has 0 saturated heterocycles. The fourth-order valence-electron chi connectivity index (χ4n) is 3.68. The topological polar surface area (TPSA) is 135 Å². The summed E-state index contributed by atoms with van der Waals surface area (Å²) < 4.78 is 17.7. The quantitative estimate of drug-likeness (QED) is 0.370. The number of rotatable bonds is 10. The first-order valence-electron chi connectivity index (χ1n) is 11.7. The van der Waals surface area contributed by atoms with Crippen LogP contribution >= 0.6 is 11.5 Å². The predicted molar refractivity (Wildman–Crippen MR) is 144 cm³/mol. The molecule has 0 radical (unpaired) electrons. The van der Waals surface area contributed by atoms with Crippen LogP contribution in [0.1, 0.15) is 52.0 Å². The van der Waals surface area contributed by atoms with Crippen LogP contribution in [0.4, 0.5) is 21.5 Å². The number of aromatic nitrogens is 1. The van der Waals surface area contributed by atoms with Gasteiger partial charge in [0.15, 0.2) is 5.69 Å². The zero-order valence-electron chi connectivity index (χ0n) is 21.2. The Bertz CT molecular complexity index is 1260. The Labute approximate surface area is 219 Å². The molecule has 0 unspecified atom stereocenters. The molecule has 3 aromatic rings. The van der Waals surface area contributed by atoms with E-state index in [4.69, 9.17) is 11.5 Å². The fraction of sp³-hybridized carbons (Fsp3) is 0.308. The van der Waals surface area contributed by atoms with E-state index in [1.807, 2.05) is 45.0 Å². The second-order valence-corrected chi connectivity index (χ2v) is 9.93. The van der Waals surface area contributed by atoms with Crippen molar-refractivity contribution >= 4 is 46.3 Å². The Morgan fingerprint density at radius 1 is 1.03 bits per heavy atom. The summed E-state index contributed by atoms with van der Waals surface area (Å²) in [5.74, 6) is -2.11. The maximum atomic E-state index is 13.9. The number of carbonyl (C=O) groups is 3. The average Bonchev–Trinajstić information content (AvgIpc) is 3.24. The van der Waals surface area contributed by atoms with E-state index < -0.39 is 29.6 Å². The van der Waals surface area contributed by atoms with Crippen molar-refractivity contribution in [1.82, 2.24) is 9.69 Å². The van der Waals surface area contributed by atoms with E-state index in [1.54, 1.807) is 12.1 Å². The van der Waals surface area contributed by atoms with Gasteiger partial charge < -0.3 is 21.7 Å². The first-order valence-corrected chi connectivity index (χ1v) is 12.5. The third-order valence-electron chi connectivity index (χ3n) is 5.73. The van der Waals surface area contributed by atoms with Crippen molar-refractivity contribution in [1.29, 1.82) is 0 Å². The highest BCUT2D eigenvalue weighted by atomic mass is 32.1. The number of nitrogens with one attached hydrogen (secondary N) is 1. The molecule has 0 aliphatic carbocycles. The minimum atomic E-state index is -1.13. The second-order valence-electron chi connectivity index (χ2n) is 9.15. The summed E-state index contributed by atoms with van der Waals surface area (Å²) in [4.78, 5) is 42.4. The van der Waals surface area contributed by atoms with Gasteiger partial charge in [-0.3, -0.25) is 19.3 Å². The number of nitrogens with two attached hydrogens (primary N) is 2. The number of nitrogen functional groups attached to an aromatic ring is 1. The van der Waals surface area contributed by atoms with Gasteiger partial charge in [0.2, 0.25) is 5.91 Å². The largest absolute Gasteiger partial charge is 0.395 e. The molecule has 5 N–H and O–H groups in total. The first kappa shape index (κ1) is 27.6. The molecular formula is C26H31FN6O3S. The summed E-state index contributed by atoms with van der Waals surface area (Å²) in [5, 5.41) is 2.92. The van der Waals surface area contributed by atoms with E-state index in [2.05, 4.69) is 9.69 Å². The molecule has 37 heavy (non-hydrogen) atoms. The first-order chi connectivity index (χ1) is 17.5. The zero-order chi connectivity index (χ0) is 27.3. The normalized spacial score (nSPS) is 11.7. The average molecular weight is 527 g/mol. The summed E-state index contributed by atoms with van der Waals surface area (Å²) in [7, 11) is 3.78. The van der Waals surface area contributed by atoms with Gasteiger partial charge in [-0.25, -0.2) is 4.39 Å². The lowest BCUT2D eigenvalue weighted by molar-refractivity contribution is -0.122. The standard InChI is InChI=1S/C26H31FN6O3S/c1-15(2)13-14-30-25(35)22(16-5-9-18(10-6-16)32(3)4)33(19-11-7-17(27)8-12-19)26(36)23-20(28)21(24(29)34)31-37-23/h5-12,15,22H,13-14,28H2,1-4H3,(H2,29,34)(H,30,35)/t22-/m0/s1. The number of anilines is 3. The highest BCUT2D eigenvalue weighted by Crippen LogP contribution is 2.33. The lowest BCUT2D eigenvalue weighted by atomic mass is 10.0. The van der Waals surface area contributed by atoms with Gasteiger partial charge in [-0.05, 0) is 65.8 Å². The lowest BCUT2D eigenvalue weighted by Crippen LogP contribution is -2.44. The number of primary amides is 1. The maximum absolute atomic E-state index is 13.9. The predicted octanol–water partition coefficient (Wildman–Crippen LogP) is 3.58. The summed E-state index contributed by atoms with van der Waals surface area (Å²) in [5.41, 5.74) is 12.7. The number of carbonyl (C=O) groups excluding carboxylic acids is 3.